The number of rotatable bonds is 5. The number of unbranched alkanes of at least 4 members (excludes halogenated alkanes) is 1. The first-order valence-corrected chi connectivity index (χ1v) is 5.26. The highest BCUT2D eigenvalue weighted by Gasteiger charge is 2.21. The number of carboxylic acids is 1. The highest BCUT2D eigenvalue weighted by Crippen LogP contribution is 2.23. The normalized spacial score (nSPS) is 12.7. The average molecular weight is 199 g/mol. The maximum atomic E-state index is 10.9. The Morgan fingerprint density at radius 2 is 2.54 bits per heavy atom. The molecule has 0 saturated heterocycles. The number of hydrogen-bond acceptors (Lipinski definition) is 3. The van der Waals surface area contributed by atoms with Gasteiger partial charge in [-0.3, -0.25) is 4.79 Å². The Morgan fingerprint density at radius 1 is 1.77 bits per heavy atom. The average Bonchev–Trinajstić information content (AvgIpc) is 2.57. The highest BCUT2D eigenvalue weighted by atomic mass is 32.1. The molecule has 1 atom stereocenters. The van der Waals surface area contributed by atoms with E-state index in [2.05, 4.69) is 11.9 Å². The molecular formula is C9H13NO2S. The fourth-order valence-electron chi connectivity index (χ4n) is 1.17. The minimum Gasteiger partial charge on any atom is -0.481 e. The second-order valence-electron chi connectivity index (χ2n) is 2.90. The van der Waals surface area contributed by atoms with Crippen LogP contribution in [0.1, 0.15) is 37.1 Å². The molecule has 0 aliphatic heterocycles. The summed E-state index contributed by atoms with van der Waals surface area (Å²) in [5.74, 6) is -1.16. The van der Waals surface area contributed by atoms with Crippen LogP contribution in [0.15, 0.2) is 11.6 Å². The van der Waals surface area contributed by atoms with Crippen molar-refractivity contribution in [2.24, 2.45) is 0 Å². The van der Waals surface area contributed by atoms with Gasteiger partial charge in [0.1, 0.15) is 10.9 Å². The fraction of sp³-hybridized carbons (Fsp3) is 0.556. The van der Waals surface area contributed by atoms with E-state index >= 15 is 0 Å². The molecule has 0 bridgehead atoms. The number of hydrogen-bond donors (Lipinski definition) is 1. The van der Waals surface area contributed by atoms with Crippen LogP contribution in [0.2, 0.25) is 0 Å². The van der Waals surface area contributed by atoms with Crippen LogP contribution in [0.25, 0.3) is 0 Å². The van der Waals surface area contributed by atoms with Crippen LogP contribution in [0.5, 0.6) is 0 Å². The molecule has 0 saturated carbocycles. The van der Waals surface area contributed by atoms with Gasteiger partial charge >= 0.3 is 5.97 Å². The van der Waals surface area contributed by atoms with Crippen LogP contribution in [-0.4, -0.2) is 16.1 Å². The van der Waals surface area contributed by atoms with E-state index in [0.717, 1.165) is 17.8 Å². The summed E-state index contributed by atoms with van der Waals surface area (Å²) in [6.07, 6.45) is 4.31. The molecule has 1 aromatic heterocycles. The van der Waals surface area contributed by atoms with E-state index in [4.69, 9.17) is 5.11 Å². The smallest absolute Gasteiger partial charge is 0.313 e. The topological polar surface area (TPSA) is 50.2 Å². The highest BCUT2D eigenvalue weighted by molar-refractivity contribution is 7.09. The van der Waals surface area contributed by atoms with E-state index in [0.29, 0.717) is 6.42 Å². The van der Waals surface area contributed by atoms with Gasteiger partial charge < -0.3 is 5.11 Å². The van der Waals surface area contributed by atoms with Crippen molar-refractivity contribution in [2.75, 3.05) is 0 Å². The van der Waals surface area contributed by atoms with Crippen molar-refractivity contribution < 1.29 is 9.90 Å². The third-order valence-electron chi connectivity index (χ3n) is 1.89. The van der Waals surface area contributed by atoms with Gasteiger partial charge in [-0.25, -0.2) is 4.98 Å². The van der Waals surface area contributed by atoms with E-state index in [1.54, 1.807) is 6.20 Å². The maximum Gasteiger partial charge on any atom is 0.313 e. The number of aliphatic carboxylic acids is 1. The summed E-state index contributed by atoms with van der Waals surface area (Å²) < 4.78 is 0. The third kappa shape index (κ3) is 2.81. The second kappa shape index (κ2) is 4.97. The molecule has 0 fully saturated rings. The molecular weight excluding hydrogens is 186 g/mol. The van der Waals surface area contributed by atoms with Crippen molar-refractivity contribution in [1.29, 1.82) is 0 Å². The predicted molar refractivity (Wildman–Crippen MR) is 52.0 cm³/mol. The number of thiazole rings is 1. The maximum absolute atomic E-state index is 10.9. The Labute approximate surface area is 81.4 Å². The van der Waals surface area contributed by atoms with Crippen molar-refractivity contribution in [3.05, 3.63) is 16.6 Å². The Morgan fingerprint density at radius 3 is 3.00 bits per heavy atom. The molecule has 72 valence electrons. The van der Waals surface area contributed by atoms with E-state index in [9.17, 15) is 4.79 Å². The minimum atomic E-state index is -0.761. The van der Waals surface area contributed by atoms with Gasteiger partial charge in [0, 0.05) is 11.6 Å². The lowest BCUT2D eigenvalue weighted by molar-refractivity contribution is -0.139. The van der Waals surface area contributed by atoms with Gasteiger partial charge in [-0.2, -0.15) is 0 Å². The molecule has 13 heavy (non-hydrogen) atoms. The first-order valence-electron chi connectivity index (χ1n) is 4.38. The molecule has 0 amide bonds. The number of carboxylic acid groups (broad SMARTS) is 1. The summed E-state index contributed by atoms with van der Waals surface area (Å²) >= 11 is 1.42. The predicted octanol–water partition coefficient (Wildman–Crippen LogP) is 2.50. The zero-order valence-corrected chi connectivity index (χ0v) is 8.38. The number of aromatic nitrogens is 1. The molecule has 4 heteroatoms. The fourth-order valence-corrected chi connectivity index (χ4v) is 1.93. The standard InChI is InChI=1S/C9H13NO2S/c1-2-3-4-7(9(11)12)8-10-5-6-13-8/h5-7H,2-4H2,1H3,(H,11,12). The van der Waals surface area contributed by atoms with Crippen LogP contribution >= 0.6 is 11.3 Å². The van der Waals surface area contributed by atoms with E-state index in [1.165, 1.54) is 11.3 Å². The SMILES string of the molecule is CCCCC(C(=O)O)c1nccs1. The molecule has 1 heterocycles. The lowest BCUT2D eigenvalue weighted by Gasteiger charge is -2.07. The Balaban J connectivity index is 2.63. The molecule has 0 spiro atoms. The van der Waals surface area contributed by atoms with E-state index in [1.807, 2.05) is 5.38 Å². The van der Waals surface area contributed by atoms with Gasteiger partial charge in [0.05, 0.1) is 0 Å². The van der Waals surface area contributed by atoms with Gasteiger partial charge in [0.2, 0.25) is 0 Å². The summed E-state index contributed by atoms with van der Waals surface area (Å²) in [7, 11) is 0. The van der Waals surface area contributed by atoms with Crippen molar-refractivity contribution in [1.82, 2.24) is 4.98 Å². The second-order valence-corrected chi connectivity index (χ2v) is 3.83. The van der Waals surface area contributed by atoms with E-state index in [-0.39, 0.29) is 0 Å². The summed E-state index contributed by atoms with van der Waals surface area (Å²) in [6, 6.07) is 0. The van der Waals surface area contributed by atoms with Gasteiger partial charge in [-0.1, -0.05) is 19.8 Å². The molecule has 0 aliphatic carbocycles. The third-order valence-corrected chi connectivity index (χ3v) is 2.78. The van der Waals surface area contributed by atoms with Gasteiger partial charge in [0.15, 0.2) is 0 Å². The van der Waals surface area contributed by atoms with Crippen molar-refractivity contribution in [3.63, 3.8) is 0 Å². The zero-order valence-electron chi connectivity index (χ0n) is 7.56. The van der Waals surface area contributed by atoms with Gasteiger partial charge in [0.25, 0.3) is 0 Å². The van der Waals surface area contributed by atoms with Gasteiger partial charge in [-0.15, -0.1) is 11.3 Å². The zero-order chi connectivity index (χ0) is 9.68. The summed E-state index contributed by atoms with van der Waals surface area (Å²) in [5, 5.41) is 11.5. The van der Waals surface area contributed by atoms with E-state index < -0.39 is 11.9 Å². The molecule has 1 aromatic rings. The number of carbonyl (C=O) groups is 1. The van der Waals surface area contributed by atoms with Crippen molar-refractivity contribution >= 4 is 17.3 Å². The van der Waals surface area contributed by atoms with Crippen LogP contribution in [0.3, 0.4) is 0 Å². The van der Waals surface area contributed by atoms with Crippen molar-refractivity contribution in [3.8, 4) is 0 Å². The minimum absolute atomic E-state index is 0.403. The monoisotopic (exact) mass is 199 g/mol. The molecule has 0 aromatic carbocycles. The lowest BCUT2D eigenvalue weighted by atomic mass is 10.0. The summed E-state index contributed by atoms with van der Waals surface area (Å²) in [6.45, 7) is 2.06. The van der Waals surface area contributed by atoms with Crippen LogP contribution in [0.4, 0.5) is 0 Å². The summed E-state index contributed by atoms with van der Waals surface area (Å²) in [5.41, 5.74) is 0. The molecule has 1 N–H and O–H groups in total. The quantitative estimate of drug-likeness (QED) is 0.792. The van der Waals surface area contributed by atoms with Crippen LogP contribution in [-0.2, 0) is 4.79 Å². The Kier molecular flexibility index (Phi) is 3.89. The molecule has 3 nitrogen and oxygen atoms in total. The molecule has 0 aliphatic rings. The summed E-state index contributed by atoms with van der Waals surface area (Å²) in [4.78, 5) is 14.9. The Hall–Kier alpha value is -0.900. The molecule has 1 rings (SSSR count). The van der Waals surface area contributed by atoms with Crippen LogP contribution in [0, 0.1) is 0 Å². The first kappa shape index (κ1) is 10.2. The lowest BCUT2D eigenvalue weighted by Crippen LogP contribution is -2.11. The largest absolute Gasteiger partial charge is 0.481 e. The first-order chi connectivity index (χ1) is 6.25. The van der Waals surface area contributed by atoms with Crippen LogP contribution < -0.4 is 0 Å². The van der Waals surface area contributed by atoms with Crippen molar-refractivity contribution in [2.45, 2.75) is 32.1 Å². The Bertz CT molecular complexity index is 259. The molecule has 1 unspecified atom stereocenters. The van der Waals surface area contributed by atoms with Gasteiger partial charge in [-0.05, 0) is 6.42 Å². The molecule has 0 radical (unpaired) electrons. The number of nitrogens with zero attached hydrogens (tertiary/aromatic N) is 1.